The summed E-state index contributed by atoms with van der Waals surface area (Å²) in [5, 5.41) is 14.6. The Morgan fingerprint density at radius 1 is 1.14 bits per heavy atom. The molecule has 0 bridgehead atoms. The maximum absolute atomic E-state index is 13.0. The van der Waals surface area contributed by atoms with Gasteiger partial charge < -0.3 is 10.4 Å². The first kappa shape index (κ1) is 18.6. The van der Waals surface area contributed by atoms with Crippen molar-refractivity contribution in [2.45, 2.75) is 51.0 Å². The van der Waals surface area contributed by atoms with Gasteiger partial charge in [-0.05, 0) is 37.5 Å². The predicted molar refractivity (Wildman–Crippen MR) is 106 cm³/mol. The summed E-state index contributed by atoms with van der Waals surface area (Å²) in [7, 11) is 0. The lowest BCUT2D eigenvalue weighted by Gasteiger charge is -2.26. The molecule has 1 amide bonds. The maximum Gasteiger partial charge on any atom is 0.253 e. The molecule has 2 N–H and O–H groups in total. The minimum Gasteiger partial charge on any atom is -0.388 e. The average molecular weight is 379 g/mol. The zero-order chi connectivity index (χ0) is 19.6. The molecule has 146 valence electrons. The zero-order valence-corrected chi connectivity index (χ0v) is 16.1. The first-order valence-electron chi connectivity index (χ1n) is 9.82. The summed E-state index contributed by atoms with van der Waals surface area (Å²) < 4.78 is 1.73. The van der Waals surface area contributed by atoms with Crippen LogP contribution in [0.1, 0.15) is 54.4 Å². The third-order valence-corrected chi connectivity index (χ3v) is 5.52. The fourth-order valence-corrected chi connectivity index (χ4v) is 3.96. The van der Waals surface area contributed by atoms with E-state index in [4.69, 9.17) is 0 Å². The summed E-state index contributed by atoms with van der Waals surface area (Å²) in [4.78, 5) is 26.0. The normalized spacial score (nSPS) is 16.6. The predicted octanol–water partition coefficient (Wildman–Crippen LogP) is 2.94. The number of nitrogens with one attached hydrogen (secondary N) is 1. The van der Waals surface area contributed by atoms with Crippen molar-refractivity contribution in [1.82, 2.24) is 24.8 Å². The van der Waals surface area contributed by atoms with Crippen molar-refractivity contribution in [1.29, 1.82) is 0 Å². The fraction of sp³-hybridized carbons (Fsp3) is 0.429. The van der Waals surface area contributed by atoms with Crippen LogP contribution in [0.3, 0.4) is 0 Å². The number of aryl methyl sites for hydroxylation is 1. The molecule has 0 unspecified atom stereocenters. The van der Waals surface area contributed by atoms with Crippen LogP contribution in [0.15, 0.2) is 36.9 Å². The largest absolute Gasteiger partial charge is 0.388 e. The smallest absolute Gasteiger partial charge is 0.253 e. The molecule has 0 radical (unpaired) electrons. The molecule has 0 spiro atoms. The Bertz CT molecular complexity index is 975. The Labute approximate surface area is 163 Å². The minimum atomic E-state index is -0.819. The third kappa shape index (κ3) is 3.62. The Morgan fingerprint density at radius 2 is 1.86 bits per heavy atom. The van der Waals surface area contributed by atoms with E-state index < -0.39 is 5.60 Å². The molecule has 1 saturated carbocycles. The number of pyridine rings is 1. The third-order valence-electron chi connectivity index (χ3n) is 5.52. The number of aromatic nitrogens is 4. The second kappa shape index (κ2) is 7.67. The van der Waals surface area contributed by atoms with Crippen LogP contribution in [0, 0.1) is 6.92 Å². The lowest BCUT2D eigenvalue weighted by molar-refractivity contribution is 0.0246. The molecule has 28 heavy (non-hydrogen) atoms. The molecule has 1 aliphatic rings. The van der Waals surface area contributed by atoms with Gasteiger partial charge >= 0.3 is 0 Å². The van der Waals surface area contributed by atoms with Gasteiger partial charge in [0.25, 0.3) is 5.91 Å². The van der Waals surface area contributed by atoms with E-state index >= 15 is 0 Å². The van der Waals surface area contributed by atoms with Gasteiger partial charge in [0.05, 0.1) is 11.2 Å². The highest BCUT2D eigenvalue weighted by atomic mass is 16.3. The molecule has 0 aromatic carbocycles. The molecule has 1 fully saturated rings. The van der Waals surface area contributed by atoms with Crippen molar-refractivity contribution in [3.63, 3.8) is 0 Å². The number of fused-ring (bicyclic) bond motifs is 1. The van der Waals surface area contributed by atoms with Crippen molar-refractivity contribution in [2.24, 2.45) is 0 Å². The highest BCUT2D eigenvalue weighted by Gasteiger charge is 2.29. The second-order valence-electron chi connectivity index (χ2n) is 7.61. The van der Waals surface area contributed by atoms with E-state index in [1.54, 1.807) is 35.4 Å². The quantitative estimate of drug-likeness (QED) is 0.680. The number of hydrogen-bond acceptors (Lipinski definition) is 5. The molecule has 3 heterocycles. The Morgan fingerprint density at radius 3 is 2.57 bits per heavy atom. The molecule has 3 aromatic rings. The van der Waals surface area contributed by atoms with Gasteiger partial charge in [-0.2, -0.15) is 0 Å². The number of rotatable bonds is 4. The standard InChI is InChI=1S/C21H25N5O2/c1-15-7-12-22-18-17(15)16(13-26(18)20-23-10-6-11-24-20)19(27)25-14-21(28)8-4-2-3-5-9-21/h6-7,10-13,28H,2-5,8-9,14H2,1H3,(H,25,27). The van der Waals surface area contributed by atoms with Crippen molar-refractivity contribution >= 4 is 16.9 Å². The van der Waals surface area contributed by atoms with Gasteiger partial charge in [0.1, 0.15) is 5.65 Å². The molecule has 1 aliphatic carbocycles. The van der Waals surface area contributed by atoms with Gasteiger partial charge in [0.15, 0.2) is 0 Å². The Kier molecular flexibility index (Phi) is 5.09. The van der Waals surface area contributed by atoms with Crippen molar-refractivity contribution < 1.29 is 9.90 Å². The van der Waals surface area contributed by atoms with E-state index in [0.717, 1.165) is 49.5 Å². The number of aliphatic hydroxyl groups is 1. The molecule has 4 rings (SSSR count). The van der Waals surface area contributed by atoms with Gasteiger partial charge in [0, 0.05) is 36.7 Å². The Hall–Kier alpha value is -2.80. The molecular formula is C21H25N5O2. The summed E-state index contributed by atoms with van der Waals surface area (Å²) in [6, 6.07) is 3.63. The van der Waals surface area contributed by atoms with E-state index in [1.807, 2.05) is 13.0 Å². The number of amides is 1. The lowest BCUT2D eigenvalue weighted by atomic mass is 9.94. The summed E-state index contributed by atoms with van der Waals surface area (Å²) in [5.74, 6) is 0.250. The van der Waals surface area contributed by atoms with Crippen molar-refractivity contribution in [2.75, 3.05) is 6.54 Å². The summed E-state index contributed by atoms with van der Waals surface area (Å²) in [5.41, 5.74) is 1.30. The summed E-state index contributed by atoms with van der Waals surface area (Å²) in [6.45, 7) is 2.22. The van der Waals surface area contributed by atoms with Gasteiger partial charge in [-0.1, -0.05) is 25.7 Å². The van der Waals surface area contributed by atoms with Crippen LogP contribution in [0.5, 0.6) is 0 Å². The fourth-order valence-electron chi connectivity index (χ4n) is 3.96. The molecular weight excluding hydrogens is 354 g/mol. The molecule has 7 heteroatoms. The van der Waals surface area contributed by atoms with Gasteiger partial charge in [-0.15, -0.1) is 0 Å². The van der Waals surface area contributed by atoms with E-state index in [-0.39, 0.29) is 12.5 Å². The first-order valence-corrected chi connectivity index (χ1v) is 9.82. The van der Waals surface area contributed by atoms with E-state index in [2.05, 4.69) is 20.3 Å². The monoisotopic (exact) mass is 379 g/mol. The van der Waals surface area contributed by atoms with E-state index in [1.165, 1.54) is 0 Å². The van der Waals surface area contributed by atoms with Gasteiger partial charge in [0.2, 0.25) is 5.95 Å². The maximum atomic E-state index is 13.0. The average Bonchev–Trinajstić information content (AvgIpc) is 2.98. The van der Waals surface area contributed by atoms with E-state index in [9.17, 15) is 9.90 Å². The molecule has 0 saturated heterocycles. The van der Waals surface area contributed by atoms with Crippen LogP contribution >= 0.6 is 0 Å². The lowest BCUT2D eigenvalue weighted by Crippen LogP contribution is -2.42. The number of carbonyl (C=O) groups is 1. The zero-order valence-electron chi connectivity index (χ0n) is 16.1. The highest BCUT2D eigenvalue weighted by molar-refractivity contribution is 6.07. The first-order chi connectivity index (χ1) is 13.6. The molecule has 7 nitrogen and oxygen atoms in total. The molecule has 0 atom stereocenters. The van der Waals surface area contributed by atoms with Crippen molar-refractivity contribution in [3.05, 3.63) is 48.0 Å². The van der Waals surface area contributed by atoms with Crippen molar-refractivity contribution in [3.8, 4) is 5.95 Å². The van der Waals surface area contributed by atoms with Gasteiger partial charge in [-0.25, -0.2) is 15.0 Å². The number of nitrogens with zero attached hydrogens (tertiary/aromatic N) is 4. The summed E-state index contributed by atoms with van der Waals surface area (Å²) >= 11 is 0. The minimum absolute atomic E-state index is 0.214. The number of hydrogen-bond donors (Lipinski definition) is 2. The van der Waals surface area contributed by atoms with Crippen LogP contribution in [-0.4, -0.2) is 42.7 Å². The highest BCUT2D eigenvalue weighted by Crippen LogP contribution is 2.28. The van der Waals surface area contributed by atoms with Crippen LogP contribution < -0.4 is 5.32 Å². The summed E-state index contributed by atoms with van der Waals surface area (Å²) in [6.07, 6.45) is 12.5. The SMILES string of the molecule is Cc1ccnc2c1c(C(=O)NCC1(O)CCCCCC1)cn2-c1ncccn1. The van der Waals surface area contributed by atoms with Gasteiger partial charge in [-0.3, -0.25) is 9.36 Å². The molecule has 3 aromatic heterocycles. The van der Waals surface area contributed by atoms with Crippen LogP contribution in [0.2, 0.25) is 0 Å². The van der Waals surface area contributed by atoms with Crippen LogP contribution in [-0.2, 0) is 0 Å². The Balaban J connectivity index is 1.65. The topological polar surface area (TPSA) is 92.9 Å². The second-order valence-corrected chi connectivity index (χ2v) is 7.61. The number of carbonyl (C=O) groups excluding carboxylic acids is 1. The molecule has 0 aliphatic heterocycles. The van der Waals surface area contributed by atoms with Crippen LogP contribution in [0.4, 0.5) is 0 Å². The van der Waals surface area contributed by atoms with E-state index in [0.29, 0.717) is 17.2 Å². The van der Waals surface area contributed by atoms with Crippen LogP contribution in [0.25, 0.3) is 17.0 Å².